The summed E-state index contributed by atoms with van der Waals surface area (Å²) >= 11 is 0. The fourth-order valence-corrected chi connectivity index (χ4v) is 3.42. The molecule has 2 unspecified atom stereocenters. The van der Waals surface area contributed by atoms with Crippen molar-refractivity contribution in [1.82, 2.24) is 19.7 Å². The fourth-order valence-electron chi connectivity index (χ4n) is 3.42. The normalized spacial score (nSPS) is 26.2. The average Bonchev–Trinajstić information content (AvgIpc) is 3.04. The second-order valence-electron chi connectivity index (χ2n) is 6.90. The van der Waals surface area contributed by atoms with Gasteiger partial charge in [0.2, 0.25) is 0 Å². The molecular formula is C16H19F2N5O. The highest BCUT2D eigenvalue weighted by molar-refractivity contribution is 5.85. The van der Waals surface area contributed by atoms with Crippen LogP contribution in [0.3, 0.4) is 0 Å². The number of halogens is 2. The van der Waals surface area contributed by atoms with Crippen LogP contribution in [0.5, 0.6) is 0 Å². The third-order valence-electron chi connectivity index (χ3n) is 4.57. The van der Waals surface area contributed by atoms with Crippen LogP contribution in [-0.4, -0.2) is 44.9 Å². The lowest BCUT2D eigenvalue weighted by Crippen LogP contribution is -2.31. The maximum Gasteiger partial charge on any atom is 0.264 e. The Morgan fingerprint density at radius 2 is 2.33 bits per heavy atom. The Balaban J connectivity index is 1.55. The molecule has 0 amide bonds. The minimum atomic E-state index is -2.83. The van der Waals surface area contributed by atoms with Gasteiger partial charge in [0, 0.05) is 25.1 Å². The molecule has 0 spiro atoms. The van der Waals surface area contributed by atoms with Crippen LogP contribution >= 0.6 is 0 Å². The molecule has 2 aliphatic rings. The topological polar surface area (TPSA) is 64.9 Å². The Labute approximate surface area is 137 Å². The second kappa shape index (κ2) is 5.47. The van der Waals surface area contributed by atoms with E-state index in [1.165, 1.54) is 11.0 Å². The van der Waals surface area contributed by atoms with E-state index >= 15 is 0 Å². The van der Waals surface area contributed by atoms with Crippen LogP contribution in [0.1, 0.15) is 19.8 Å². The molecule has 1 aliphatic carbocycles. The van der Waals surface area contributed by atoms with Crippen LogP contribution in [0.15, 0.2) is 24.7 Å². The van der Waals surface area contributed by atoms with Crippen molar-refractivity contribution >= 4 is 16.9 Å². The van der Waals surface area contributed by atoms with E-state index in [2.05, 4.69) is 32.5 Å². The lowest BCUT2D eigenvalue weighted by atomic mass is 9.79. The summed E-state index contributed by atoms with van der Waals surface area (Å²) in [5.41, 5.74) is 0.488. The van der Waals surface area contributed by atoms with E-state index in [0.717, 1.165) is 26.3 Å². The smallest absolute Gasteiger partial charge is 0.264 e. The first-order chi connectivity index (χ1) is 11.4. The van der Waals surface area contributed by atoms with Gasteiger partial charge < -0.3 is 10.1 Å². The molecule has 128 valence electrons. The molecule has 1 saturated heterocycles. The van der Waals surface area contributed by atoms with Gasteiger partial charge in [-0.2, -0.15) is 5.10 Å². The third-order valence-corrected chi connectivity index (χ3v) is 4.57. The highest BCUT2D eigenvalue weighted by Crippen LogP contribution is 2.40. The molecule has 2 atom stereocenters. The van der Waals surface area contributed by atoms with E-state index in [1.54, 1.807) is 6.20 Å². The number of fused-ring (bicyclic) bond motifs is 3. The summed E-state index contributed by atoms with van der Waals surface area (Å²) < 4.78 is 33.4. The van der Waals surface area contributed by atoms with Crippen molar-refractivity contribution in [2.45, 2.75) is 38.3 Å². The van der Waals surface area contributed by atoms with Gasteiger partial charge in [-0.15, -0.1) is 0 Å². The van der Waals surface area contributed by atoms with E-state index in [0.29, 0.717) is 23.5 Å². The number of allylic oxidation sites excluding steroid dienone is 1. The molecule has 2 aromatic rings. The van der Waals surface area contributed by atoms with Crippen molar-refractivity contribution in [2.24, 2.45) is 5.41 Å². The molecule has 0 radical (unpaired) electrons. The van der Waals surface area contributed by atoms with Crippen molar-refractivity contribution in [1.29, 1.82) is 0 Å². The second-order valence-corrected chi connectivity index (χ2v) is 6.90. The molecule has 3 heterocycles. The monoisotopic (exact) mass is 335 g/mol. The molecule has 6 nitrogen and oxygen atoms in total. The molecule has 24 heavy (non-hydrogen) atoms. The number of hydrogen-bond donors (Lipinski definition) is 1. The summed E-state index contributed by atoms with van der Waals surface area (Å²) in [4.78, 5) is 8.33. The first kappa shape index (κ1) is 15.4. The summed E-state index contributed by atoms with van der Waals surface area (Å²) in [7, 11) is 0. The predicted octanol–water partition coefficient (Wildman–Crippen LogP) is 2.63. The number of hydrogen-bond acceptors (Lipinski definition) is 5. The number of alkyl halides is 2. The predicted molar refractivity (Wildman–Crippen MR) is 85.0 cm³/mol. The van der Waals surface area contributed by atoms with Gasteiger partial charge in [-0.3, -0.25) is 4.68 Å². The van der Waals surface area contributed by atoms with Gasteiger partial charge in [-0.25, -0.2) is 18.7 Å². The van der Waals surface area contributed by atoms with E-state index in [4.69, 9.17) is 4.74 Å². The standard InChI is InChI=1S/C16H19F2N5O/c1-15(17,18)8-23-6-12-13(20-10-21-14(12)22-23)19-7-16-4-2-3-11(5-16)24-9-16/h2-3,6,10-11H,4-5,7-9H2,1H3,(H,19,20,21,22). The van der Waals surface area contributed by atoms with Crippen LogP contribution < -0.4 is 5.32 Å². The molecule has 2 aromatic heterocycles. The summed E-state index contributed by atoms with van der Waals surface area (Å²) in [6.07, 6.45) is 9.42. The van der Waals surface area contributed by atoms with Crippen molar-refractivity contribution in [3.63, 3.8) is 0 Å². The number of aromatic nitrogens is 4. The number of ether oxygens (including phenoxy) is 1. The summed E-state index contributed by atoms with van der Waals surface area (Å²) in [5, 5.41) is 8.11. The van der Waals surface area contributed by atoms with Crippen molar-refractivity contribution in [3.05, 3.63) is 24.7 Å². The van der Waals surface area contributed by atoms with Gasteiger partial charge in [0.15, 0.2) is 5.65 Å². The SMILES string of the molecule is CC(F)(F)Cn1cc2c(NCC34CC=CC(C3)OC4)ncnc2n1. The highest BCUT2D eigenvalue weighted by atomic mass is 19.3. The van der Waals surface area contributed by atoms with Gasteiger partial charge in [0.05, 0.1) is 18.1 Å². The zero-order chi connectivity index (χ0) is 16.8. The molecule has 8 heteroatoms. The van der Waals surface area contributed by atoms with Gasteiger partial charge in [0.25, 0.3) is 5.92 Å². The molecule has 1 N–H and O–H groups in total. The van der Waals surface area contributed by atoms with Crippen molar-refractivity contribution in [3.8, 4) is 0 Å². The molecular weight excluding hydrogens is 316 g/mol. The van der Waals surface area contributed by atoms with E-state index in [-0.39, 0.29) is 11.5 Å². The Morgan fingerprint density at radius 1 is 1.46 bits per heavy atom. The van der Waals surface area contributed by atoms with E-state index < -0.39 is 12.5 Å². The Kier molecular flexibility index (Phi) is 3.52. The molecule has 1 aliphatic heterocycles. The highest BCUT2D eigenvalue weighted by Gasteiger charge is 2.40. The minimum absolute atomic E-state index is 0.0726. The van der Waals surface area contributed by atoms with Crippen LogP contribution in [0, 0.1) is 5.41 Å². The molecule has 0 aromatic carbocycles. The molecule has 0 saturated carbocycles. The maximum atomic E-state index is 13.2. The number of nitrogens with one attached hydrogen (secondary N) is 1. The minimum Gasteiger partial charge on any atom is -0.373 e. The van der Waals surface area contributed by atoms with Crippen molar-refractivity contribution in [2.75, 3.05) is 18.5 Å². The lowest BCUT2D eigenvalue weighted by Gasteiger charge is -2.28. The molecule has 2 bridgehead atoms. The van der Waals surface area contributed by atoms with E-state index in [1.807, 2.05) is 0 Å². The van der Waals surface area contributed by atoms with Gasteiger partial charge in [0.1, 0.15) is 18.7 Å². The Hall–Kier alpha value is -2.09. The van der Waals surface area contributed by atoms with Crippen molar-refractivity contribution < 1.29 is 13.5 Å². The van der Waals surface area contributed by atoms with Crippen LogP contribution in [0.2, 0.25) is 0 Å². The number of rotatable bonds is 5. The van der Waals surface area contributed by atoms with Crippen LogP contribution in [-0.2, 0) is 11.3 Å². The summed E-state index contributed by atoms with van der Waals surface area (Å²) in [5.74, 6) is -2.20. The van der Waals surface area contributed by atoms with Gasteiger partial charge in [-0.1, -0.05) is 12.2 Å². The van der Waals surface area contributed by atoms with Gasteiger partial charge >= 0.3 is 0 Å². The first-order valence-corrected chi connectivity index (χ1v) is 8.01. The van der Waals surface area contributed by atoms with Gasteiger partial charge in [-0.05, 0) is 12.8 Å². The number of nitrogens with zero attached hydrogens (tertiary/aromatic N) is 4. The summed E-state index contributed by atoms with van der Waals surface area (Å²) in [6, 6.07) is 0. The number of anilines is 1. The maximum absolute atomic E-state index is 13.2. The third kappa shape index (κ3) is 2.98. The Bertz CT molecular complexity index is 784. The van der Waals surface area contributed by atoms with Crippen LogP contribution in [0.25, 0.3) is 11.0 Å². The molecule has 4 rings (SSSR count). The fraction of sp³-hybridized carbons (Fsp3) is 0.562. The zero-order valence-corrected chi connectivity index (χ0v) is 13.4. The molecule has 1 fully saturated rings. The quantitative estimate of drug-likeness (QED) is 0.851. The summed E-state index contributed by atoms with van der Waals surface area (Å²) in [6.45, 7) is 1.83. The lowest BCUT2D eigenvalue weighted by molar-refractivity contribution is 0.000775. The first-order valence-electron chi connectivity index (χ1n) is 8.01. The average molecular weight is 335 g/mol. The zero-order valence-electron chi connectivity index (χ0n) is 13.4. The van der Waals surface area contributed by atoms with E-state index in [9.17, 15) is 8.78 Å². The Morgan fingerprint density at radius 3 is 3.17 bits per heavy atom. The van der Waals surface area contributed by atoms with Crippen LogP contribution in [0.4, 0.5) is 14.6 Å². The largest absolute Gasteiger partial charge is 0.373 e.